The van der Waals surface area contributed by atoms with Crippen molar-refractivity contribution in [3.63, 3.8) is 0 Å². The van der Waals surface area contributed by atoms with E-state index < -0.39 is 0 Å². The van der Waals surface area contributed by atoms with Crippen LogP contribution in [-0.4, -0.2) is 15.7 Å². The highest BCUT2D eigenvalue weighted by Crippen LogP contribution is 2.15. The summed E-state index contributed by atoms with van der Waals surface area (Å²) in [4.78, 5) is 12.6. The number of rotatable bonds is 5. The van der Waals surface area contributed by atoms with Gasteiger partial charge in [-0.15, -0.1) is 0 Å². The van der Waals surface area contributed by atoms with Crippen molar-refractivity contribution in [3.05, 3.63) is 88.2 Å². The van der Waals surface area contributed by atoms with E-state index in [4.69, 9.17) is 5.26 Å². The van der Waals surface area contributed by atoms with E-state index >= 15 is 0 Å². The number of carbonyl (C=O) groups excluding carboxylic acids is 1. The second kappa shape index (κ2) is 7.88. The fourth-order valence-electron chi connectivity index (χ4n) is 3.03. The quantitative estimate of drug-likeness (QED) is 0.752. The molecule has 0 fully saturated rings. The Balaban J connectivity index is 1.71. The molecule has 5 nitrogen and oxygen atoms in total. The van der Waals surface area contributed by atoms with Gasteiger partial charge in [-0.1, -0.05) is 24.3 Å². The average molecular weight is 358 g/mol. The number of hydrogen-bond donors (Lipinski definition) is 1. The molecule has 3 aromatic rings. The van der Waals surface area contributed by atoms with Gasteiger partial charge in [-0.25, -0.2) is 0 Å². The van der Waals surface area contributed by atoms with E-state index in [0.29, 0.717) is 17.7 Å². The maximum absolute atomic E-state index is 12.6. The molecule has 1 aromatic heterocycles. The molecule has 2 aromatic carbocycles. The molecular formula is C22H22N4O. The molecule has 0 aliphatic rings. The van der Waals surface area contributed by atoms with Gasteiger partial charge in [0, 0.05) is 11.3 Å². The summed E-state index contributed by atoms with van der Waals surface area (Å²) in [5.74, 6) is -0.123. The van der Waals surface area contributed by atoms with Gasteiger partial charge >= 0.3 is 0 Å². The van der Waals surface area contributed by atoms with Crippen molar-refractivity contribution < 1.29 is 4.79 Å². The van der Waals surface area contributed by atoms with Gasteiger partial charge in [-0.05, 0) is 62.2 Å². The highest BCUT2D eigenvalue weighted by atomic mass is 16.1. The Bertz CT molecular complexity index is 996. The van der Waals surface area contributed by atoms with E-state index in [2.05, 4.69) is 16.5 Å². The van der Waals surface area contributed by atoms with E-state index in [9.17, 15) is 4.79 Å². The van der Waals surface area contributed by atoms with E-state index in [1.807, 2.05) is 67.9 Å². The number of nitriles is 1. The monoisotopic (exact) mass is 358 g/mol. The van der Waals surface area contributed by atoms with Gasteiger partial charge in [-0.2, -0.15) is 10.4 Å². The summed E-state index contributed by atoms with van der Waals surface area (Å²) in [6.07, 6.45) is 0. The number of benzene rings is 2. The summed E-state index contributed by atoms with van der Waals surface area (Å²) in [5, 5.41) is 16.4. The Hall–Kier alpha value is -3.39. The van der Waals surface area contributed by atoms with Crippen LogP contribution < -0.4 is 5.32 Å². The summed E-state index contributed by atoms with van der Waals surface area (Å²) in [7, 11) is 0. The number of nitrogens with zero attached hydrogens (tertiary/aromatic N) is 3. The van der Waals surface area contributed by atoms with Crippen LogP contribution in [0.4, 0.5) is 0 Å². The summed E-state index contributed by atoms with van der Waals surface area (Å²) < 4.78 is 1.94. The molecule has 0 radical (unpaired) electrons. The fourth-order valence-corrected chi connectivity index (χ4v) is 3.03. The number of carbonyl (C=O) groups is 1. The lowest BCUT2D eigenvalue weighted by Crippen LogP contribution is -2.26. The third kappa shape index (κ3) is 4.42. The van der Waals surface area contributed by atoms with Gasteiger partial charge in [-0.3, -0.25) is 9.48 Å². The molecule has 5 heteroatoms. The van der Waals surface area contributed by atoms with Crippen molar-refractivity contribution in [1.82, 2.24) is 15.1 Å². The van der Waals surface area contributed by atoms with Crippen molar-refractivity contribution in [1.29, 1.82) is 5.26 Å². The molecule has 0 saturated heterocycles. The predicted molar refractivity (Wildman–Crippen MR) is 104 cm³/mol. The molecule has 0 aliphatic carbocycles. The predicted octanol–water partition coefficient (Wildman–Crippen LogP) is 3.91. The summed E-state index contributed by atoms with van der Waals surface area (Å²) in [6, 6.07) is 18.8. The van der Waals surface area contributed by atoms with Crippen LogP contribution in [0.2, 0.25) is 0 Å². The van der Waals surface area contributed by atoms with E-state index in [0.717, 1.165) is 22.5 Å². The van der Waals surface area contributed by atoms with Crippen LogP contribution in [0.5, 0.6) is 0 Å². The highest BCUT2D eigenvalue weighted by molar-refractivity contribution is 5.94. The lowest BCUT2D eigenvalue weighted by molar-refractivity contribution is 0.0939. The number of nitrogens with one attached hydrogen (secondary N) is 1. The van der Waals surface area contributed by atoms with Crippen molar-refractivity contribution in [2.24, 2.45) is 0 Å². The molecule has 27 heavy (non-hydrogen) atoms. The van der Waals surface area contributed by atoms with E-state index in [-0.39, 0.29) is 11.9 Å². The SMILES string of the molecule is Cc1cc(C)n(Cc2cccc(C(=O)NC(C)c3ccc(C#N)cc3)c2)n1. The minimum Gasteiger partial charge on any atom is -0.346 e. The second-order valence-corrected chi connectivity index (χ2v) is 6.71. The van der Waals surface area contributed by atoms with E-state index in [1.54, 1.807) is 12.1 Å². The average Bonchev–Trinajstić information content (AvgIpc) is 2.98. The first kappa shape index (κ1) is 18.4. The Morgan fingerprint density at radius 3 is 2.56 bits per heavy atom. The lowest BCUT2D eigenvalue weighted by atomic mass is 10.1. The van der Waals surface area contributed by atoms with E-state index in [1.165, 1.54) is 0 Å². The third-order valence-corrected chi connectivity index (χ3v) is 4.51. The molecular weight excluding hydrogens is 336 g/mol. The van der Waals surface area contributed by atoms with Crippen molar-refractivity contribution >= 4 is 5.91 Å². The summed E-state index contributed by atoms with van der Waals surface area (Å²) in [6.45, 7) is 6.55. The maximum atomic E-state index is 12.6. The number of aryl methyl sites for hydroxylation is 2. The van der Waals surface area contributed by atoms with Crippen molar-refractivity contribution in [3.8, 4) is 6.07 Å². The molecule has 0 spiro atoms. The molecule has 0 aliphatic heterocycles. The molecule has 1 heterocycles. The first-order valence-corrected chi connectivity index (χ1v) is 8.87. The zero-order chi connectivity index (χ0) is 19.4. The van der Waals surface area contributed by atoms with Gasteiger partial charge < -0.3 is 5.32 Å². The summed E-state index contributed by atoms with van der Waals surface area (Å²) in [5.41, 5.74) is 5.29. The van der Waals surface area contributed by atoms with Crippen LogP contribution in [0.3, 0.4) is 0 Å². The topological polar surface area (TPSA) is 70.7 Å². The molecule has 1 amide bonds. The van der Waals surface area contributed by atoms with Crippen LogP contribution in [0, 0.1) is 25.2 Å². The van der Waals surface area contributed by atoms with Crippen LogP contribution >= 0.6 is 0 Å². The van der Waals surface area contributed by atoms with Crippen LogP contribution in [0.25, 0.3) is 0 Å². The Kier molecular flexibility index (Phi) is 5.37. The normalized spacial score (nSPS) is 11.6. The molecule has 0 saturated carbocycles. The molecule has 3 rings (SSSR count). The lowest BCUT2D eigenvalue weighted by Gasteiger charge is -2.15. The van der Waals surface area contributed by atoms with Crippen LogP contribution in [0.1, 0.15) is 51.4 Å². The molecule has 1 unspecified atom stereocenters. The van der Waals surface area contributed by atoms with Gasteiger partial charge in [0.1, 0.15) is 0 Å². The molecule has 1 N–H and O–H groups in total. The number of amides is 1. The van der Waals surface area contributed by atoms with Gasteiger partial charge in [0.15, 0.2) is 0 Å². The zero-order valence-corrected chi connectivity index (χ0v) is 15.7. The standard InChI is InChI=1S/C22H22N4O/c1-15-11-16(2)26(25-15)14-19-5-4-6-21(12-19)22(27)24-17(3)20-9-7-18(13-23)8-10-20/h4-12,17H,14H2,1-3H3,(H,24,27). The van der Waals surface area contributed by atoms with Gasteiger partial charge in [0.2, 0.25) is 0 Å². The van der Waals surface area contributed by atoms with Gasteiger partial charge in [0.25, 0.3) is 5.91 Å². The molecule has 136 valence electrons. The second-order valence-electron chi connectivity index (χ2n) is 6.71. The first-order chi connectivity index (χ1) is 13.0. The van der Waals surface area contributed by atoms with Crippen LogP contribution in [0.15, 0.2) is 54.6 Å². The fraction of sp³-hybridized carbons (Fsp3) is 0.227. The third-order valence-electron chi connectivity index (χ3n) is 4.51. The highest BCUT2D eigenvalue weighted by Gasteiger charge is 2.12. The minimum atomic E-state index is -0.148. The Morgan fingerprint density at radius 1 is 1.19 bits per heavy atom. The minimum absolute atomic E-state index is 0.123. The van der Waals surface area contributed by atoms with Crippen molar-refractivity contribution in [2.75, 3.05) is 0 Å². The van der Waals surface area contributed by atoms with Gasteiger partial charge in [0.05, 0.1) is 29.9 Å². The smallest absolute Gasteiger partial charge is 0.251 e. The maximum Gasteiger partial charge on any atom is 0.251 e. The number of aromatic nitrogens is 2. The molecule has 1 atom stereocenters. The first-order valence-electron chi connectivity index (χ1n) is 8.87. The molecule has 0 bridgehead atoms. The van der Waals surface area contributed by atoms with Crippen LogP contribution in [-0.2, 0) is 6.54 Å². The number of hydrogen-bond acceptors (Lipinski definition) is 3. The Morgan fingerprint density at radius 2 is 1.93 bits per heavy atom. The van der Waals surface area contributed by atoms with Crippen molar-refractivity contribution in [2.45, 2.75) is 33.4 Å². The Labute approximate surface area is 159 Å². The summed E-state index contributed by atoms with van der Waals surface area (Å²) >= 11 is 0. The largest absolute Gasteiger partial charge is 0.346 e. The zero-order valence-electron chi connectivity index (χ0n) is 15.7.